The zero-order valence-corrected chi connectivity index (χ0v) is 24.0. The van der Waals surface area contributed by atoms with Gasteiger partial charge in [0.25, 0.3) is 0 Å². The lowest BCUT2D eigenvalue weighted by molar-refractivity contribution is -0.00820. The molecule has 0 saturated carbocycles. The van der Waals surface area contributed by atoms with Crippen LogP contribution in [0.15, 0.2) is 45.9 Å². The van der Waals surface area contributed by atoms with Crippen molar-refractivity contribution in [1.29, 1.82) is 10.5 Å². The van der Waals surface area contributed by atoms with Gasteiger partial charge in [0.15, 0.2) is 11.2 Å². The molecule has 3 N–H and O–H groups in total. The van der Waals surface area contributed by atoms with Gasteiger partial charge in [-0.25, -0.2) is 4.98 Å². The van der Waals surface area contributed by atoms with Gasteiger partial charge in [-0.2, -0.15) is 10.5 Å². The number of nitrogens with two attached hydrogens (primary N) is 1. The number of hydrogen-bond donors (Lipinski definition) is 2. The Kier molecular flexibility index (Phi) is 9.63. The summed E-state index contributed by atoms with van der Waals surface area (Å²) >= 11 is 0. The van der Waals surface area contributed by atoms with Crippen molar-refractivity contribution < 1.29 is 18.3 Å². The molecule has 5 aromatic rings. The highest BCUT2D eigenvalue weighted by Gasteiger charge is 2.27. The fourth-order valence-electron chi connectivity index (χ4n) is 5.89. The van der Waals surface area contributed by atoms with Crippen molar-refractivity contribution >= 4 is 44.6 Å². The summed E-state index contributed by atoms with van der Waals surface area (Å²) in [4.78, 5) is 13.3. The van der Waals surface area contributed by atoms with Crippen LogP contribution in [0.4, 0.5) is 11.4 Å². The molecule has 5 aromatic heterocycles. The molecular weight excluding hydrogens is 560 g/mol. The Bertz CT molecular complexity index is 1780. The molecule has 0 amide bonds. The lowest BCUT2D eigenvalue weighted by Gasteiger charge is -2.30. The number of nitrogens with zero attached hydrogens (tertiary/aromatic N) is 6. The van der Waals surface area contributed by atoms with E-state index in [0.29, 0.717) is 37.3 Å². The number of aromatic nitrogens is 4. The number of fused-ring (bicyclic) bond motifs is 4. The van der Waals surface area contributed by atoms with E-state index < -0.39 is 0 Å². The normalized spacial score (nSPS) is 21.6. The van der Waals surface area contributed by atoms with Crippen LogP contribution in [0, 0.1) is 22.7 Å². The van der Waals surface area contributed by atoms with Gasteiger partial charge in [-0.3, -0.25) is 9.97 Å². The smallest absolute Gasteiger partial charge is 0.178 e. The Balaban J connectivity index is 0.000000172. The number of ether oxygens (including phenoxy) is 2. The summed E-state index contributed by atoms with van der Waals surface area (Å²) in [5.41, 5.74) is 12.3. The van der Waals surface area contributed by atoms with Crippen LogP contribution >= 0.6 is 0 Å². The minimum Gasteiger partial charge on any atom is -0.460 e. The number of furan rings is 2. The van der Waals surface area contributed by atoms with E-state index in [9.17, 15) is 0 Å². The lowest BCUT2D eigenvalue weighted by Crippen LogP contribution is -2.34. The molecule has 2 aliphatic heterocycles. The molecule has 4 atom stereocenters. The van der Waals surface area contributed by atoms with Crippen molar-refractivity contribution in [2.45, 2.75) is 83.6 Å². The van der Waals surface area contributed by atoms with Gasteiger partial charge >= 0.3 is 0 Å². The summed E-state index contributed by atoms with van der Waals surface area (Å²) in [6, 6.07) is 8.41. The van der Waals surface area contributed by atoms with E-state index >= 15 is 0 Å². The van der Waals surface area contributed by atoms with Gasteiger partial charge in [0, 0.05) is 24.6 Å². The van der Waals surface area contributed by atoms with E-state index in [2.05, 4.69) is 38.9 Å². The molecule has 0 aromatic carbocycles. The number of anilines is 2. The number of nitrogen functional groups attached to an aromatic ring is 1. The Morgan fingerprint density at radius 3 is 2.20 bits per heavy atom. The topological polar surface area (TPSA) is 174 Å². The van der Waals surface area contributed by atoms with Crippen LogP contribution in [-0.2, 0) is 15.9 Å². The molecule has 2 saturated heterocycles. The second-order valence-corrected chi connectivity index (χ2v) is 10.9. The summed E-state index contributed by atoms with van der Waals surface area (Å²) in [5.74, 6) is 1.03. The Hall–Kier alpha value is -4.65. The molecule has 0 bridgehead atoms. The minimum absolute atomic E-state index is 0. The number of rotatable bonds is 6. The first-order valence-electron chi connectivity index (χ1n) is 14.7. The first kappa shape index (κ1) is 30.8. The zero-order valence-electron chi connectivity index (χ0n) is 24.0. The van der Waals surface area contributed by atoms with Crippen molar-refractivity contribution in [2.75, 3.05) is 24.3 Å². The average molecular weight is 599 g/mol. The van der Waals surface area contributed by atoms with Crippen molar-refractivity contribution in [3.8, 4) is 12.1 Å². The molecule has 7 rings (SSSR count). The van der Waals surface area contributed by atoms with Gasteiger partial charge in [-0.1, -0.05) is 14.4 Å². The summed E-state index contributed by atoms with van der Waals surface area (Å²) < 4.78 is 24.9. The molecule has 2 aliphatic rings. The van der Waals surface area contributed by atoms with E-state index in [-0.39, 0.29) is 31.7 Å². The summed E-state index contributed by atoms with van der Waals surface area (Å²) in [5, 5.41) is 20.9. The SMILES string of the molecule is C.CCc1nc2cnc3ccoc3c2n1[C@H]1CC[C@H](CC#N)OC1.N#CC[C@H]1CC[C@H](Nc2c(N)cnc3ccoc23)CO1. The summed E-state index contributed by atoms with van der Waals surface area (Å²) in [6.07, 6.45) is 12.3. The largest absolute Gasteiger partial charge is 0.460 e. The highest BCUT2D eigenvalue weighted by molar-refractivity contribution is 5.98. The molecular formula is C32H38N8O4. The highest BCUT2D eigenvalue weighted by Crippen LogP contribution is 2.34. The second-order valence-electron chi connectivity index (χ2n) is 10.9. The molecule has 2 fully saturated rings. The Morgan fingerprint density at radius 1 is 0.909 bits per heavy atom. The maximum absolute atomic E-state index is 8.82. The average Bonchev–Trinajstić information content (AvgIpc) is 3.78. The van der Waals surface area contributed by atoms with Gasteiger partial charge in [0.2, 0.25) is 0 Å². The van der Waals surface area contributed by atoms with Crippen LogP contribution in [0.5, 0.6) is 0 Å². The first-order valence-corrected chi connectivity index (χ1v) is 14.7. The van der Waals surface area contributed by atoms with Gasteiger partial charge in [0.05, 0.1) is 87.1 Å². The van der Waals surface area contributed by atoms with Crippen LogP contribution in [-0.4, -0.2) is 51.0 Å². The second kappa shape index (κ2) is 13.8. The van der Waals surface area contributed by atoms with Crippen molar-refractivity contribution in [3.63, 3.8) is 0 Å². The lowest BCUT2D eigenvalue weighted by atomic mass is 10.0. The van der Waals surface area contributed by atoms with Crippen molar-refractivity contribution in [3.05, 3.63) is 42.9 Å². The van der Waals surface area contributed by atoms with Crippen LogP contribution < -0.4 is 11.1 Å². The predicted octanol–water partition coefficient (Wildman–Crippen LogP) is 6.29. The third kappa shape index (κ3) is 6.18. The molecule has 0 radical (unpaired) electrons. The van der Waals surface area contributed by atoms with Crippen LogP contribution in [0.1, 0.15) is 64.7 Å². The predicted molar refractivity (Wildman–Crippen MR) is 167 cm³/mol. The van der Waals surface area contributed by atoms with Crippen LogP contribution in [0.2, 0.25) is 0 Å². The fraction of sp³-hybridized carbons (Fsp3) is 0.469. The monoisotopic (exact) mass is 598 g/mol. The fourth-order valence-corrected chi connectivity index (χ4v) is 5.89. The zero-order chi connectivity index (χ0) is 29.8. The molecule has 0 spiro atoms. The molecule has 230 valence electrons. The molecule has 0 unspecified atom stereocenters. The minimum atomic E-state index is 0. The Morgan fingerprint density at radius 2 is 1.57 bits per heavy atom. The van der Waals surface area contributed by atoms with Crippen molar-refractivity contribution in [1.82, 2.24) is 19.5 Å². The Labute approximate surface area is 255 Å². The molecule has 44 heavy (non-hydrogen) atoms. The number of aryl methyl sites for hydroxylation is 1. The number of pyridine rings is 2. The van der Waals surface area contributed by atoms with E-state index in [1.54, 1.807) is 24.8 Å². The van der Waals surface area contributed by atoms with E-state index in [0.717, 1.165) is 71.3 Å². The van der Waals surface area contributed by atoms with Gasteiger partial charge in [0.1, 0.15) is 33.6 Å². The number of nitriles is 2. The molecule has 12 nitrogen and oxygen atoms in total. The maximum atomic E-state index is 8.82. The van der Waals surface area contributed by atoms with E-state index in [1.807, 2.05) is 12.3 Å². The highest BCUT2D eigenvalue weighted by atomic mass is 16.5. The summed E-state index contributed by atoms with van der Waals surface area (Å²) in [7, 11) is 0. The first-order chi connectivity index (χ1) is 21.1. The number of imidazole rings is 1. The number of hydrogen-bond acceptors (Lipinski definition) is 11. The quantitative estimate of drug-likeness (QED) is 0.225. The molecule has 12 heteroatoms. The van der Waals surface area contributed by atoms with E-state index in [1.165, 1.54) is 0 Å². The van der Waals surface area contributed by atoms with Crippen molar-refractivity contribution in [2.24, 2.45) is 0 Å². The third-order valence-electron chi connectivity index (χ3n) is 8.08. The maximum Gasteiger partial charge on any atom is 0.178 e. The van der Waals surface area contributed by atoms with Gasteiger partial charge < -0.3 is 33.9 Å². The van der Waals surface area contributed by atoms with Crippen LogP contribution in [0.25, 0.3) is 33.2 Å². The third-order valence-corrected chi connectivity index (χ3v) is 8.08. The summed E-state index contributed by atoms with van der Waals surface area (Å²) in [6.45, 7) is 3.28. The van der Waals surface area contributed by atoms with Gasteiger partial charge in [-0.05, 0) is 25.7 Å². The van der Waals surface area contributed by atoms with E-state index in [4.69, 9.17) is 39.5 Å². The van der Waals surface area contributed by atoms with Gasteiger partial charge in [-0.15, -0.1) is 0 Å². The molecule has 7 heterocycles. The standard InChI is InChI=1S/C17H18N4O2.C14H16N4O2.CH4/c1-2-15-20-14-9-19-13-6-8-22-17(13)16(14)21(15)11-3-4-12(5-7-18)23-10-11;15-5-3-10-2-1-9(8-20-10)18-13-11(16)7-17-12-4-6-19-14(12)13;/h6,8-9,11-12H,2-5,10H2,1H3;4,6-7,9-10H,1-3,8,16H2,(H,17,18);1H4/t11-,12+;9-,10+;/m00./s1. The van der Waals surface area contributed by atoms with Crippen LogP contribution in [0.3, 0.4) is 0 Å². The number of nitrogens with one attached hydrogen (secondary N) is 1. The molecule has 0 aliphatic carbocycles.